The SMILES string of the molecule is C=C(C)C(=O)O.O=C(O)C(OC(F)(F)C(F)(F)F)=C(F)F. The molecule has 12 heteroatoms. The molecule has 0 bridgehead atoms. The Morgan fingerprint density at radius 1 is 1.00 bits per heavy atom. The van der Waals surface area contributed by atoms with Gasteiger partial charge in [-0.15, -0.1) is 0 Å². The third-order valence-electron chi connectivity index (χ3n) is 1.29. The van der Waals surface area contributed by atoms with E-state index in [2.05, 4.69) is 11.3 Å². The van der Waals surface area contributed by atoms with Crippen molar-refractivity contribution >= 4 is 11.9 Å². The zero-order valence-electron chi connectivity index (χ0n) is 9.97. The van der Waals surface area contributed by atoms with Crippen molar-refractivity contribution < 1.29 is 55.3 Å². The molecule has 0 aliphatic heterocycles. The molecule has 0 saturated carbocycles. The first-order chi connectivity index (χ1) is 9.13. The van der Waals surface area contributed by atoms with Crippen molar-refractivity contribution in [3.63, 3.8) is 0 Å². The fraction of sp³-hybridized carbons (Fsp3) is 0.333. The van der Waals surface area contributed by atoms with E-state index in [0.29, 0.717) is 0 Å². The first-order valence-electron chi connectivity index (χ1n) is 4.44. The van der Waals surface area contributed by atoms with Crippen LogP contribution in [0.3, 0.4) is 0 Å². The Kier molecular flexibility index (Phi) is 7.51. The molecule has 0 aromatic heterocycles. The third-order valence-corrected chi connectivity index (χ3v) is 1.29. The van der Waals surface area contributed by atoms with Gasteiger partial charge in [-0.25, -0.2) is 9.59 Å². The number of hydrogen-bond acceptors (Lipinski definition) is 3. The van der Waals surface area contributed by atoms with Crippen LogP contribution >= 0.6 is 0 Å². The zero-order valence-corrected chi connectivity index (χ0v) is 9.97. The average Bonchev–Trinajstić information content (AvgIpc) is 2.24. The van der Waals surface area contributed by atoms with Gasteiger partial charge >= 0.3 is 30.3 Å². The third kappa shape index (κ3) is 7.79. The van der Waals surface area contributed by atoms with Crippen molar-refractivity contribution in [2.75, 3.05) is 0 Å². The first-order valence-corrected chi connectivity index (χ1v) is 4.44. The van der Waals surface area contributed by atoms with Crippen molar-refractivity contribution in [3.8, 4) is 0 Å². The molecule has 0 aliphatic carbocycles. The summed E-state index contributed by atoms with van der Waals surface area (Å²) >= 11 is 0. The number of rotatable bonds is 4. The maximum Gasteiger partial charge on any atom is 0.499 e. The van der Waals surface area contributed by atoms with Crippen LogP contribution < -0.4 is 0 Å². The molecule has 122 valence electrons. The predicted octanol–water partition coefficient (Wildman–Crippen LogP) is 3.00. The highest BCUT2D eigenvalue weighted by molar-refractivity contribution is 5.85. The maximum atomic E-state index is 11.9. The van der Waals surface area contributed by atoms with Gasteiger partial charge in [0.15, 0.2) is 0 Å². The summed E-state index contributed by atoms with van der Waals surface area (Å²) in [5, 5.41) is 15.7. The van der Waals surface area contributed by atoms with Crippen LogP contribution in [0.2, 0.25) is 0 Å². The molecule has 0 fully saturated rings. The van der Waals surface area contributed by atoms with Crippen LogP contribution in [0.5, 0.6) is 0 Å². The summed E-state index contributed by atoms with van der Waals surface area (Å²) in [5.41, 5.74) is 0.176. The predicted molar refractivity (Wildman–Crippen MR) is 51.4 cm³/mol. The number of aliphatic carboxylic acids is 2. The van der Waals surface area contributed by atoms with Crippen molar-refractivity contribution in [1.82, 2.24) is 0 Å². The smallest absolute Gasteiger partial charge is 0.478 e. The van der Waals surface area contributed by atoms with Gasteiger partial charge in [0.25, 0.3) is 5.76 Å². The summed E-state index contributed by atoms with van der Waals surface area (Å²) < 4.78 is 83.5. The minimum atomic E-state index is -6.29. The van der Waals surface area contributed by atoms with E-state index in [9.17, 15) is 40.3 Å². The average molecular weight is 328 g/mol. The molecular weight excluding hydrogens is 321 g/mol. The molecule has 0 heterocycles. The lowest BCUT2D eigenvalue weighted by Crippen LogP contribution is -2.39. The lowest BCUT2D eigenvalue weighted by molar-refractivity contribution is -0.379. The number of alkyl halides is 5. The van der Waals surface area contributed by atoms with Crippen molar-refractivity contribution in [3.05, 3.63) is 24.0 Å². The van der Waals surface area contributed by atoms with Crippen LogP contribution in [0.1, 0.15) is 6.92 Å². The van der Waals surface area contributed by atoms with Gasteiger partial charge in [-0.2, -0.15) is 30.7 Å². The normalized spacial score (nSPS) is 10.9. The molecule has 0 aromatic rings. The van der Waals surface area contributed by atoms with Crippen LogP contribution in [0.4, 0.5) is 30.7 Å². The minimum Gasteiger partial charge on any atom is -0.478 e. The Morgan fingerprint density at radius 3 is 1.48 bits per heavy atom. The first kappa shape index (κ1) is 21.0. The largest absolute Gasteiger partial charge is 0.499 e. The maximum absolute atomic E-state index is 11.9. The Bertz CT molecular complexity index is 436. The Morgan fingerprint density at radius 2 is 1.33 bits per heavy atom. The Balaban J connectivity index is 0. The molecular formula is C9H7F7O5. The van der Waals surface area contributed by atoms with Gasteiger partial charge in [-0.05, 0) is 6.92 Å². The molecule has 0 amide bonds. The van der Waals surface area contributed by atoms with Gasteiger partial charge in [0.1, 0.15) is 0 Å². The highest BCUT2D eigenvalue weighted by Crippen LogP contribution is 2.38. The van der Waals surface area contributed by atoms with Crippen molar-refractivity contribution in [2.45, 2.75) is 19.2 Å². The van der Waals surface area contributed by atoms with Gasteiger partial charge < -0.3 is 14.9 Å². The van der Waals surface area contributed by atoms with Gasteiger partial charge in [-0.3, -0.25) is 0 Å². The molecule has 0 rings (SSSR count). The van der Waals surface area contributed by atoms with Crippen LogP contribution in [0.15, 0.2) is 24.0 Å². The molecule has 0 saturated heterocycles. The standard InChI is InChI=1S/C5HF7O3.C4H6O2/c6-2(7)1(3(13)14)15-5(11,12)4(8,9)10;1-3(2)4(5)6/h(H,13,14);1H2,2H3,(H,5,6). The number of halogens is 7. The Labute approximate surface area is 111 Å². The fourth-order valence-electron chi connectivity index (χ4n) is 0.349. The molecule has 2 N–H and O–H groups in total. The summed E-state index contributed by atoms with van der Waals surface area (Å²) in [6.07, 6.45) is -15.6. The van der Waals surface area contributed by atoms with Crippen LogP contribution in [0, 0.1) is 0 Å². The van der Waals surface area contributed by atoms with Gasteiger partial charge in [0.2, 0.25) is 0 Å². The minimum absolute atomic E-state index is 0.176. The van der Waals surface area contributed by atoms with E-state index in [1.165, 1.54) is 6.92 Å². The second-order valence-electron chi connectivity index (χ2n) is 3.10. The zero-order chi connectivity index (χ0) is 17.6. The molecule has 0 aliphatic rings. The van der Waals surface area contributed by atoms with Gasteiger partial charge in [0.05, 0.1) is 0 Å². The highest BCUT2D eigenvalue weighted by Gasteiger charge is 2.62. The molecule has 0 unspecified atom stereocenters. The lowest BCUT2D eigenvalue weighted by atomic mass is 10.4. The summed E-state index contributed by atoms with van der Waals surface area (Å²) in [6, 6.07) is 0. The van der Waals surface area contributed by atoms with Gasteiger partial charge in [0, 0.05) is 5.57 Å². The van der Waals surface area contributed by atoms with Crippen molar-refractivity contribution in [2.24, 2.45) is 0 Å². The van der Waals surface area contributed by atoms with Crippen LogP contribution in [-0.4, -0.2) is 34.4 Å². The topological polar surface area (TPSA) is 83.8 Å². The number of carbonyl (C=O) groups is 2. The highest BCUT2D eigenvalue weighted by atomic mass is 19.4. The van der Waals surface area contributed by atoms with E-state index >= 15 is 0 Å². The van der Waals surface area contributed by atoms with E-state index in [1.54, 1.807) is 0 Å². The van der Waals surface area contributed by atoms with E-state index in [4.69, 9.17) is 10.2 Å². The van der Waals surface area contributed by atoms with E-state index in [-0.39, 0.29) is 5.57 Å². The van der Waals surface area contributed by atoms with Crippen molar-refractivity contribution in [1.29, 1.82) is 0 Å². The quantitative estimate of drug-likeness (QED) is 0.471. The molecule has 5 nitrogen and oxygen atoms in total. The monoisotopic (exact) mass is 328 g/mol. The number of carboxylic acid groups (broad SMARTS) is 2. The van der Waals surface area contributed by atoms with E-state index < -0.39 is 36.1 Å². The van der Waals surface area contributed by atoms with E-state index in [0.717, 1.165) is 0 Å². The Hall–Kier alpha value is -2.27. The number of ether oxygens (including phenoxy) is 1. The molecule has 0 radical (unpaired) electrons. The number of hydrogen-bond donors (Lipinski definition) is 2. The van der Waals surface area contributed by atoms with Crippen LogP contribution in [-0.2, 0) is 14.3 Å². The molecule has 0 atom stereocenters. The summed E-state index contributed by atoms with van der Waals surface area (Å²) in [5.74, 6) is -6.42. The summed E-state index contributed by atoms with van der Waals surface area (Å²) in [6.45, 7) is 4.60. The lowest BCUT2D eigenvalue weighted by Gasteiger charge is -2.19. The van der Waals surface area contributed by atoms with E-state index in [1.807, 2.05) is 0 Å². The molecule has 21 heavy (non-hydrogen) atoms. The second kappa shape index (κ2) is 7.50. The van der Waals surface area contributed by atoms with Gasteiger partial charge in [-0.1, -0.05) is 6.58 Å². The van der Waals surface area contributed by atoms with Crippen LogP contribution in [0.25, 0.3) is 0 Å². The fourth-order valence-corrected chi connectivity index (χ4v) is 0.349. The molecule has 0 aromatic carbocycles. The summed E-state index contributed by atoms with van der Waals surface area (Å²) in [7, 11) is 0. The second-order valence-corrected chi connectivity index (χ2v) is 3.10. The number of carboxylic acids is 2. The summed E-state index contributed by atoms with van der Waals surface area (Å²) in [4.78, 5) is 19.4. The molecule has 0 spiro atoms.